The lowest BCUT2D eigenvalue weighted by atomic mass is 10.4. The molecule has 2 aromatic rings. The van der Waals surface area contributed by atoms with Gasteiger partial charge in [-0.25, -0.2) is 18.1 Å². The van der Waals surface area contributed by atoms with Crippen LogP contribution in [0, 0.1) is 0 Å². The summed E-state index contributed by atoms with van der Waals surface area (Å²) in [7, 11) is -2.21. The van der Waals surface area contributed by atoms with Gasteiger partial charge in [-0.15, -0.1) is 0 Å². The van der Waals surface area contributed by atoms with E-state index < -0.39 is 10.0 Å². The lowest BCUT2D eigenvalue weighted by molar-refractivity contribution is 0.327. The molecule has 0 saturated carbocycles. The van der Waals surface area contributed by atoms with Crippen LogP contribution in [0.4, 0.5) is 5.69 Å². The number of sulfonamides is 1. The molecule has 21 heavy (non-hydrogen) atoms. The first-order valence-electron chi connectivity index (χ1n) is 6.40. The van der Waals surface area contributed by atoms with E-state index in [1.165, 1.54) is 13.1 Å². The predicted octanol–water partition coefficient (Wildman–Crippen LogP) is 1.59. The van der Waals surface area contributed by atoms with Crippen LogP contribution >= 0.6 is 0 Å². The first-order chi connectivity index (χ1) is 10.0. The average Bonchev–Trinajstić information content (AvgIpc) is 2.97. The highest BCUT2D eigenvalue weighted by atomic mass is 32.2. The van der Waals surface area contributed by atoms with Gasteiger partial charge in [-0.3, -0.25) is 0 Å². The number of anilines is 1. The van der Waals surface area contributed by atoms with Crippen LogP contribution < -0.4 is 14.8 Å². The van der Waals surface area contributed by atoms with Crippen molar-refractivity contribution in [1.29, 1.82) is 0 Å². The van der Waals surface area contributed by atoms with Crippen molar-refractivity contribution in [2.24, 2.45) is 0 Å². The van der Waals surface area contributed by atoms with Crippen molar-refractivity contribution in [1.82, 2.24) is 9.71 Å². The third-order valence-electron chi connectivity index (χ3n) is 2.67. The summed E-state index contributed by atoms with van der Waals surface area (Å²) in [4.78, 5) is 4.12. The number of nitrogens with one attached hydrogen (secondary N) is 2. The monoisotopic (exact) mass is 311 g/mol. The Morgan fingerprint density at radius 2 is 2.10 bits per heavy atom. The first kappa shape index (κ1) is 15.3. The molecule has 0 saturated heterocycles. The molecule has 0 aliphatic rings. The molecule has 0 spiro atoms. The normalized spacial score (nSPS) is 11.3. The van der Waals surface area contributed by atoms with Gasteiger partial charge in [0.25, 0.3) is 10.0 Å². The highest BCUT2D eigenvalue weighted by Gasteiger charge is 2.16. The summed E-state index contributed by atoms with van der Waals surface area (Å²) >= 11 is 0. The third-order valence-corrected chi connectivity index (χ3v) is 3.95. The predicted molar refractivity (Wildman–Crippen MR) is 77.7 cm³/mol. The van der Waals surface area contributed by atoms with Crippen LogP contribution in [0.3, 0.4) is 0 Å². The molecule has 7 nitrogen and oxygen atoms in total. The zero-order chi connectivity index (χ0) is 15.3. The molecule has 2 rings (SSSR count). The molecule has 8 heteroatoms. The second-order valence-corrected chi connectivity index (χ2v) is 5.92. The molecule has 2 aromatic heterocycles. The quantitative estimate of drug-likeness (QED) is 0.806. The van der Waals surface area contributed by atoms with Gasteiger partial charge in [-0.05, 0) is 32.2 Å². The lowest BCUT2D eigenvalue weighted by Gasteiger charge is -2.05. The number of aromatic nitrogens is 1. The van der Waals surface area contributed by atoms with Crippen LogP contribution in [0.5, 0.6) is 5.88 Å². The molecule has 0 radical (unpaired) electrons. The van der Waals surface area contributed by atoms with Gasteiger partial charge in [-0.2, -0.15) is 0 Å². The van der Waals surface area contributed by atoms with Gasteiger partial charge in [0.05, 0.1) is 25.0 Å². The summed E-state index contributed by atoms with van der Waals surface area (Å²) in [6.07, 6.45) is 1.64. The molecule has 0 aliphatic carbocycles. The topological polar surface area (TPSA) is 93.5 Å². The summed E-state index contributed by atoms with van der Waals surface area (Å²) < 4.78 is 35.8. The number of hydrogen-bond donors (Lipinski definition) is 2. The van der Waals surface area contributed by atoms with Crippen LogP contribution in [0.2, 0.25) is 0 Å². The molecule has 0 aliphatic heterocycles. The van der Waals surface area contributed by atoms with Crippen molar-refractivity contribution >= 4 is 15.7 Å². The minimum Gasteiger partial charge on any atom is -0.478 e. The summed E-state index contributed by atoms with van der Waals surface area (Å²) in [5.74, 6) is 1.07. The van der Waals surface area contributed by atoms with E-state index in [-0.39, 0.29) is 5.09 Å². The Kier molecular flexibility index (Phi) is 4.81. The van der Waals surface area contributed by atoms with Crippen molar-refractivity contribution in [2.45, 2.75) is 18.6 Å². The maximum atomic E-state index is 11.5. The molecule has 0 unspecified atom stereocenters. The third kappa shape index (κ3) is 3.96. The fourth-order valence-electron chi connectivity index (χ4n) is 1.61. The van der Waals surface area contributed by atoms with E-state index in [0.717, 1.165) is 5.69 Å². The number of furan rings is 1. The number of pyridine rings is 1. The van der Waals surface area contributed by atoms with Crippen LogP contribution in [-0.4, -0.2) is 27.1 Å². The second-order valence-electron chi connectivity index (χ2n) is 4.10. The maximum absolute atomic E-state index is 11.5. The van der Waals surface area contributed by atoms with E-state index in [4.69, 9.17) is 9.15 Å². The van der Waals surface area contributed by atoms with E-state index in [2.05, 4.69) is 15.0 Å². The maximum Gasteiger partial charge on any atom is 0.273 e. The van der Waals surface area contributed by atoms with Gasteiger partial charge >= 0.3 is 0 Å². The van der Waals surface area contributed by atoms with E-state index in [0.29, 0.717) is 24.8 Å². The molecule has 0 bridgehead atoms. The molecule has 0 aromatic carbocycles. The van der Waals surface area contributed by atoms with E-state index in [9.17, 15) is 8.42 Å². The zero-order valence-corrected chi connectivity index (χ0v) is 12.6. The summed E-state index contributed by atoms with van der Waals surface area (Å²) in [5.41, 5.74) is 0.785. The highest BCUT2D eigenvalue weighted by Crippen LogP contribution is 2.16. The van der Waals surface area contributed by atoms with Crippen LogP contribution in [0.1, 0.15) is 12.7 Å². The Hall–Kier alpha value is -2.06. The molecule has 114 valence electrons. The molecule has 2 heterocycles. The fourth-order valence-corrected chi connectivity index (χ4v) is 2.27. The Morgan fingerprint density at radius 3 is 2.71 bits per heavy atom. The molecule has 0 atom stereocenters. The smallest absolute Gasteiger partial charge is 0.273 e. The van der Waals surface area contributed by atoms with Gasteiger partial charge < -0.3 is 14.5 Å². The van der Waals surface area contributed by atoms with Crippen LogP contribution in [0.25, 0.3) is 0 Å². The summed E-state index contributed by atoms with van der Waals surface area (Å²) in [6.45, 7) is 2.81. The Bertz CT molecular complexity index is 680. The Labute approximate surface area is 123 Å². The van der Waals surface area contributed by atoms with Crippen molar-refractivity contribution in [2.75, 3.05) is 19.0 Å². The number of hydrogen-bond acceptors (Lipinski definition) is 6. The second kappa shape index (κ2) is 6.59. The lowest BCUT2D eigenvalue weighted by Crippen LogP contribution is -2.17. The molecule has 0 fully saturated rings. The van der Waals surface area contributed by atoms with Crippen molar-refractivity contribution in [3.05, 3.63) is 36.2 Å². The van der Waals surface area contributed by atoms with Crippen LogP contribution in [0.15, 0.2) is 40.0 Å². The van der Waals surface area contributed by atoms with Gasteiger partial charge in [-0.1, -0.05) is 0 Å². The van der Waals surface area contributed by atoms with Crippen LogP contribution in [-0.2, 0) is 16.6 Å². The van der Waals surface area contributed by atoms with E-state index in [1.807, 2.05) is 13.0 Å². The van der Waals surface area contributed by atoms with Crippen molar-refractivity contribution < 1.29 is 17.6 Å². The SMILES string of the molecule is CCOc1ccc(NCc2ccc(S(=O)(=O)NC)o2)cn1. The largest absolute Gasteiger partial charge is 0.478 e. The van der Waals surface area contributed by atoms with Gasteiger partial charge in [0.15, 0.2) is 0 Å². The van der Waals surface area contributed by atoms with Crippen molar-refractivity contribution in [3.8, 4) is 5.88 Å². The molecule has 0 amide bonds. The fraction of sp³-hybridized carbons (Fsp3) is 0.308. The molecular weight excluding hydrogens is 294 g/mol. The minimum absolute atomic E-state index is 0.105. The Morgan fingerprint density at radius 1 is 1.29 bits per heavy atom. The number of nitrogens with zero attached hydrogens (tertiary/aromatic N) is 1. The van der Waals surface area contributed by atoms with E-state index in [1.54, 1.807) is 18.3 Å². The Balaban J connectivity index is 1.97. The molecular formula is C13H17N3O4S. The standard InChI is InChI=1S/C13H17N3O4S/c1-3-19-12-6-4-10(8-16-12)15-9-11-5-7-13(20-11)21(17,18)14-2/h4-8,14-15H,3,9H2,1-2H3. The van der Waals surface area contributed by atoms with Gasteiger partial charge in [0.2, 0.25) is 11.0 Å². The minimum atomic E-state index is -3.55. The highest BCUT2D eigenvalue weighted by molar-refractivity contribution is 7.89. The number of ether oxygens (including phenoxy) is 1. The van der Waals surface area contributed by atoms with Crippen molar-refractivity contribution in [3.63, 3.8) is 0 Å². The van der Waals surface area contributed by atoms with E-state index >= 15 is 0 Å². The van der Waals surface area contributed by atoms with Gasteiger partial charge in [0.1, 0.15) is 5.76 Å². The van der Waals surface area contributed by atoms with Gasteiger partial charge in [0, 0.05) is 6.07 Å². The average molecular weight is 311 g/mol. The summed E-state index contributed by atoms with van der Waals surface area (Å²) in [6, 6.07) is 6.61. The number of rotatable bonds is 7. The first-order valence-corrected chi connectivity index (χ1v) is 7.88. The molecule has 2 N–H and O–H groups in total. The zero-order valence-electron chi connectivity index (χ0n) is 11.8. The summed E-state index contributed by atoms with van der Waals surface area (Å²) in [5, 5.41) is 2.98.